The Labute approximate surface area is 151 Å². The van der Waals surface area contributed by atoms with Crippen LogP contribution < -0.4 is 5.32 Å². The Balaban J connectivity index is 1.46. The summed E-state index contributed by atoms with van der Waals surface area (Å²) in [7, 11) is 0. The molecule has 1 aromatic heterocycles. The zero-order valence-corrected chi connectivity index (χ0v) is 14.2. The summed E-state index contributed by atoms with van der Waals surface area (Å²) < 4.78 is 5.59. The minimum Gasteiger partial charge on any atom is -0.463 e. The SMILES string of the molecule is O=C1c2ccccc2C(=O)N1CC[NH2+][C@H](c1ccccc1)c1ccco1. The van der Waals surface area contributed by atoms with Crippen molar-refractivity contribution in [1.82, 2.24) is 4.90 Å². The zero-order valence-electron chi connectivity index (χ0n) is 14.2. The second-order valence-corrected chi connectivity index (χ2v) is 6.24. The Hall–Kier alpha value is -3.18. The van der Waals surface area contributed by atoms with Crippen molar-refractivity contribution in [2.75, 3.05) is 13.1 Å². The topological polar surface area (TPSA) is 67.1 Å². The summed E-state index contributed by atoms with van der Waals surface area (Å²) in [6.45, 7) is 0.947. The molecule has 0 aliphatic carbocycles. The molecule has 130 valence electrons. The predicted octanol–water partition coefficient (Wildman–Crippen LogP) is 2.23. The van der Waals surface area contributed by atoms with Gasteiger partial charge in [-0.1, -0.05) is 42.5 Å². The number of nitrogens with zero attached hydrogens (tertiary/aromatic N) is 1. The number of furan rings is 1. The number of carbonyl (C=O) groups excluding carboxylic acids is 2. The van der Waals surface area contributed by atoms with Gasteiger partial charge in [-0.05, 0) is 24.3 Å². The van der Waals surface area contributed by atoms with Crippen molar-refractivity contribution in [2.45, 2.75) is 6.04 Å². The summed E-state index contributed by atoms with van der Waals surface area (Å²) in [5.74, 6) is 0.417. The quantitative estimate of drug-likeness (QED) is 0.696. The van der Waals surface area contributed by atoms with Gasteiger partial charge in [-0.3, -0.25) is 14.5 Å². The second kappa shape index (κ2) is 6.98. The van der Waals surface area contributed by atoms with E-state index >= 15 is 0 Å². The van der Waals surface area contributed by atoms with E-state index in [9.17, 15) is 9.59 Å². The number of amides is 2. The summed E-state index contributed by atoms with van der Waals surface area (Å²) in [6.07, 6.45) is 1.66. The van der Waals surface area contributed by atoms with Gasteiger partial charge in [-0.2, -0.15) is 0 Å². The molecule has 1 aliphatic rings. The predicted molar refractivity (Wildman–Crippen MR) is 95.6 cm³/mol. The molecule has 5 heteroatoms. The van der Waals surface area contributed by atoms with Gasteiger partial charge in [0, 0.05) is 5.56 Å². The summed E-state index contributed by atoms with van der Waals surface area (Å²) >= 11 is 0. The number of hydrogen-bond acceptors (Lipinski definition) is 3. The summed E-state index contributed by atoms with van der Waals surface area (Å²) in [5.41, 5.74) is 2.09. The van der Waals surface area contributed by atoms with Crippen LogP contribution in [0.15, 0.2) is 77.4 Å². The Morgan fingerprint density at radius 2 is 1.50 bits per heavy atom. The molecule has 0 unspecified atom stereocenters. The van der Waals surface area contributed by atoms with Crippen molar-refractivity contribution >= 4 is 11.8 Å². The van der Waals surface area contributed by atoms with E-state index in [2.05, 4.69) is 5.32 Å². The fourth-order valence-corrected chi connectivity index (χ4v) is 3.36. The number of rotatable bonds is 6. The van der Waals surface area contributed by atoms with Crippen molar-refractivity contribution in [2.24, 2.45) is 0 Å². The molecule has 0 fully saturated rings. The maximum absolute atomic E-state index is 12.5. The van der Waals surface area contributed by atoms with Crippen LogP contribution in [0.3, 0.4) is 0 Å². The number of carbonyl (C=O) groups is 2. The zero-order chi connectivity index (χ0) is 17.9. The first kappa shape index (κ1) is 16.3. The van der Waals surface area contributed by atoms with E-state index in [1.54, 1.807) is 30.5 Å². The van der Waals surface area contributed by atoms with Crippen LogP contribution in [0.25, 0.3) is 0 Å². The molecule has 3 aromatic rings. The van der Waals surface area contributed by atoms with Crippen molar-refractivity contribution in [3.05, 3.63) is 95.4 Å². The molecular weight excluding hydrogens is 328 g/mol. The summed E-state index contributed by atoms with van der Waals surface area (Å²) in [6, 6.07) is 20.8. The monoisotopic (exact) mass is 347 g/mol. The van der Waals surface area contributed by atoms with Crippen LogP contribution >= 0.6 is 0 Å². The van der Waals surface area contributed by atoms with Crippen molar-refractivity contribution < 1.29 is 19.3 Å². The molecule has 0 spiro atoms. The number of quaternary nitrogens is 1. The first-order chi connectivity index (χ1) is 12.8. The van der Waals surface area contributed by atoms with Crippen molar-refractivity contribution in [1.29, 1.82) is 0 Å². The second-order valence-electron chi connectivity index (χ2n) is 6.24. The molecular formula is C21H19N2O3+. The van der Waals surface area contributed by atoms with Crippen LogP contribution in [-0.4, -0.2) is 29.8 Å². The van der Waals surface area contributed by atoms with Gasteiger partial charge in [0.25, 0.3) is 11.8 Å². The summed E-state index contributed by atoms with van der Waals surface area (Å²) in [5, 5.41) is 2.09. The largest absolute Gasteiger partial charge is 0.463 e. The van der Waals surface area contributed by atoms with Gasteiger partial charge in [-0.25, -0.2) is 0 Å². The molecule has 2 N–H and O–H groups in total. The van der Waals surface area contributed by atoms with E-state index in [1.165, 1.54) is 4.90 Å². The van der Waals surface area contributed by atoms with Crippen molar-refractivity contribution in [3.8, 4) is 0 Å². The molecule has 5 nitrogen and oxygen atoms in total. The van der Waals surface area contributed by atoms with Gasteiger partial charge in [0.2, 0.25) is 0 Å². The lowest BCUT2D eigenvalue weighted by Gasteiger charge is -2.17. The fraction of sp³-hybridized carbons (Fsp3) is 0.143. The van der Waals surface area contributed by atoms with E-state index < -0.39 is 0 Å². The number of imide groups is 1. The fourth-order valence-electron chi connectivity index (χ4n) is 3.36. The molecule has 26 heavy (non-hydrogen) atoms. The molecule has 0 radical (unpaired) electrons. The minimum atomic E-state index is -0.215. The third-order valence-electron chi connectivity index (χ3n) is 4.64. The highest BCUT2D eigenvalue weighted by Crippen LogP contribution is 2.22. The van der Waals surface area contributed by atoms with E-state index in [0.29, 0.717) is 24.2 Å². The molecule has 2 aromatic carbocycles. The smallest absolute Gasteiger partial charge is 0.261 e. The number of hydrogen-bond donors (Lipinski definition) is 1. The molecule has 0 saturated heterocycles. The normalized spacial score (nSPS) is 14.5. The van der Waals surface area contributed by atoms with Gasteiger partial charge in [0.05, 0.1) is 30.5 Å². The summed E-state index contributed by atoms with van der Waals surface area (Å²) in [4.78, 5) is 26.2. The van der Waals surface area contributed by atoms with Gasteiger partial charge in [0.1, 0.15) is 0 Å². The van der Waals surface area contributed by atoms with Crippen LogP contribution in [0.1, 0.15) is 38.1 Å². The molecule has 0 bridgehead atoms. The van der Waals surface area contributed by atoms with E-state index in [0.717, 1.165) is 11.3 Å². The standard InChI is InChI=1S/C21H18N2O3/c24-20-16-9-4-5-10-17(16)21(25)23(20)13-12-22-19(18-11-6-14-26-18)15-7-2-1-3-8-15/h1-11,14,19,22H,12-13H2/p+1/t19-/m1/s1. The first-order valence-electron chi connectivity index (χ1n) is 8.62. The van der Waals surface area contributed by atoms with Gasteiger partial charge in [0.15, 0.2) is 11.8 Å². The van der Waals surface area contributed by atoms with E-state index in [1.807, 2.05) is 42.5 Å². The lowest BCUT2D eigenvalue weighted by Crippen LogP contribution is -2.87. The first-order valence-corrected chi connectivity index (χ1v) is 8.62. The number of fused-ring (bicyclic) bond motifs is 1. The van der Waals surface area contributed by atoms with Crippen LogP contribution in [-0.2, 0) is 0 Å². The number of nitrogens with two attached hydrogens (primary N) is 1. The lowest BCUT2D eigenvalue weighted by molar-refractivity contribution is -0.688. The maximum atomic E-state index is 12.5. The van der Waals surface area contributed by atoms with Crippen LogP contribution in [0, 0.1) is 0 Å². The highest BCUT2D eigenvalue weighted by molar-refractivity contribution is 6.21. The van der Waals surface area contributed by atoms with E-state index in [-0.39, 0.29) is 17.9 Å². The molecule has 1 aliphatic heterocycles. The van der Waals surface area contributed by atoms with E-state index in [4.69, 9.17) is 4.42 Å². The van der Waals surface area contributed by atoms with Crippen molar-refractivity contribution in [3.63, 3.8) is 0 Å². The highest BCUT2D eigenvalue weighted by Gasteiger charge is 2.35. The third-order valence-corrected chi connectivity index (χ3v) is 4.64. The highest BCUT2D eigenvalue weighted by atomic mass is 16.3. The Morgan fingerprint density at radius 1 is 0.846 bits per heavy atom. The molecule has 4 rings (SSSR count). The average molecular weight is 347 g/mol. The Morgan fingerprint density at radius 3 is 2.12 bits per heavy atom. The molecule has 1 atom stereocenters. The Kier molecular flexibility index (Phi) is 4.37. The average Bonchev–Trinajstić information content (AvgIpc) is 3.29. The molecule has 0 saturated carbocycles. The Bertz CT molecular complexity index is 884. The number of benzene rings is 2. The lowest BCUT2D eigenvalue weighted by atomic mass is 10.0. The van der Waals surface area contributed by atoms with Gasteiger partial charge >= 0.3 is 0 Å². The maximum Gasteiger partial charge on any atom is 0.261 e. The van der Waals surface area contributed by atoms with Crippen LogP contribution in [0.5, 0.6) is 0 Å². The third kappa shape index (κ3) is 2.93. The van der Waals surface area contributed by atoms with Crippen LogP contribution in [0.2, 0.25) is 0 Å². The van der Waals surface area contributed by atoms with Gasteiger partial charge in [-0.15, -0.1) is 0 Å². The minimum absolute atomic E-state index is 0.0126. The molecule has 2 amide bonds. The van der Waals surface area contributed by atoms with Crippen LogP contribution in [0.4, 0.5) is 0 Å². The molecule has 2 heterocycles. The van der Waals surface area contributed by atoms with Gasteiger partial charge < -0.3 is 9.73 Å².